The molecule has 3 rings (SSSR count). The smallest absolute Gasteiger partial charge is 0.287 e. The van der Waals surface area contributed by atoms with E-state index >= 15 is 0 Å². The molecule has 0 atom stereocenters. The molecule has 2 aromatic carbocycles. The lowest BCUT2D eigenvalue weighted by Crippen LogP contribution is -2.35. The largest absolute Gasteiger partial charge is 0.338 e. The summed E-state index contributed by atoms with van der Waals surface area (Å²) < 4.78 is 136. The highest BCUT2D eigenvalue weighted by molar-refractivity contribution is 6.11. The van der Waals surface area contributed by atoms with Gasteiger partial charge in [0, 0.05) is 11.1 Å². The molecule has 0 aliphatic heterocycles. The van der Waals surface area contributed by atoms with Crippen LogP contribution in [0.4, 0.5) is 43.9 Å². The molecule has 25 heavy (non-hydrogen) atoms. The molecule has 0 amide bonds. The summed E-state index contributed by atoms with van der Waals surface area (Å²) in [6.07, 6.45) is 0. The van der Waals surface area contributed by atoms with Crippen molar-refractivity contribution in [2.24, 2.45) is 0 Å². The van der Waals surface area contributed by atoms with Gasteiger partial charge in [-0.15, -0.1) is 0 Å². The van der Waals surface area contributed by atoms with Gasteiger partial charge in [-0.25, -0.2) is 35.1 Å². The molecule has 0 spiro atoms. The van der Waals surface area contributed by atoms with Gasteiger partial charge in [0.25, 0.3) is 0 Å². The standard InChI is InChI=1S/C14F10O/c15-5-1-2-4(8(18)12(22)10(20)6(2)16)14(23,24)13(25)3(1)7(17)11(21)9(5)19. The van der Waals surface area contributed by atoms with Gasteiger partial charge in [0.1, 0.15) is 0 Å². The highest BCUT2D eigenvalue weighted by atomic mass is 19.3. The first-order valence-corrected chi connectivity index (χ1v) is 6.09. The Balaban J connectivity index is 2.68. The van der Waals surface area contributed by atoms with E-state index in [0.29, 0.717) is 0 Å². The van der Waals surface area contributed by atoms with Crippen LogP contribution < -0.4 is 0 Å². The van der Waals surface area contributed by atoms with Crippen LogP contribution in [0.1, 0.15) is 15.9 Å². The molecule has 0 N–H and O–H groups in total. The van der Waals surface area contributed by atoms with E-state index in [2.05, 4.69) is 0 Å². The summed E-state index contributed by atoms with van der Waals surface area (Å²) in [5.74, 6) is -29.3. The number of ketones is 1. The molecule has 0 saturated carbocycles. The molecule has 1 aliphatic carbocycles. The SMILES string of the molecule is O=C1c2c(F)c(F)c(F)c(F)c2-c2c(F)c(F)c(F)c(F)c2C1(F)F. The molecule has 0 saturated heterocycles. The van der Waals surface area contributed by atoms with E-state index in [1.807, 2.05) is 0 Å². The van der Waals surface area contributed by atoms with Gasteiger partial charge in [-0.05, 0) is 0 Å². The van der Waals surface area contributed by atoms with Crippen molar-refractivity contribution in [3.63, 3.8) is 0 Å². The third-order valence-electron chi connectivity index (χ3n) is 3.61. The van der Waals surface area contributed by atoms with E-state index in [1.165, 1.54) is 0 Å². The van der Waals surface area contributed by atoms with Crippen LogP contribution in [-0.4, -0.2) is 5.78 Å². The van der Waals surface area contributed by atoms with E-state index in [1.54, 1.807) is 0 Å². The number of carbonyl (C=O) groups excluding carboxylic acids is 1. The lowest BCUT2D eigenvalue weighted by molar-refractivity contribution is 0.00324. The molecule has 0 unspecified atom stereocenters. The number of hydrogen-bond donors (Lipinski definition) is 0. The second-order valence-electron chi connectivity index (χ2n) is 4.92. The van der Waals surface area contributed by atoms with Gasteiger partial charge in [0.05, 0.1) is 11.1 Å². The Morgan fingerprint density at radius 3 is 1.32 bits per heavy atom. The lowest BCUT2D eigenvalue weighted by atomic mass is 9.80. The monoisotopic (exact) mass is 374 g/mol. The van der Waals surface area contributed by atoms with Crippen molar-refractivity contribution in [3.05, 3.63) is 57.7 Å². The summed E-state index contributed by atoms with van der Waals surface area (Å²) in [5.41, 5.74) is -8.70. The van der Waals surface area contributed by atoms with Crippen molar-refractivity contribution in [2.75, 3.05) is 0 Å². The second-order valence-corrected chi connectivity index (χ2v) is 4.92. The second kappa shape index (κ2) is 4.96. The van der Waals surface area contributed by atoms with Crippen molar-refractivity contribution in [3.8, 4) is 11.1 Å². The van der Waals surface area contributed by atoms with E-state index < -0.39 is 80.5 Å². The zero-order valence-corrected chi connectivity index (χ0v) is 11.2. The van der Waals surface area contributed by atoms with E-state index in [0.717, 1.165) is 0 Å². The van der Waals surface area contributed by atoms with Crippen molar-refractivity contribution >= 4 is 5.78 Å². The maximum atomic E-state index is 14.0. The van der Waals surface area contributed by atoms with Crippen molar-refractivity contribution in [1.82, 2.24) is 0 Å². The van der Waals surface area contributed by atoms with Gasteiger partial charge in [-0.3, -0.25) is 4.79 Å². The molecule has 0 fully saturated rings. The van der Waals surface area contributed by atoms with E-state index in [-0.39, 0.29) is 0 Å². The summed E-state index contributed by atoms with van der Waals surface area (Å²) in [5, 5.41) is 0. The number of rotatable bonds is 0. The van der Waals surface area contributed by atoms with Gasteiger partial charge in [0.15, 0.2) is 46.5 Å². The first-order valence-electron chi connectivity index (χ1n) is 6.09. The molecule has 1 aliphatic rings. The van der Waals surface area contributed by atoms with E-state index in [9.17, 15) is 48.7 Å². The van der Waals surface area contributed by atoms with Crippen LogP contribution in [0.15, 0.2) is 0 Å². The molecule has 2 aromatic rings. The predicted octanol–water partition coefficient (Wildman–Crippen LogP) is 4.75. The van der Waals surface area contributed by atoms with Gasteiger partial charge in [-0.1, -0.05) is 0 Å². The van der Waals surface area contributed by atoms with Crippen LogP contribution in [0.5, 0.6) is 0 Å². The number of Topliss-reactive ketones (excluding diaryl/α,β-unsaturated/α-hetero) is 1. The molecule has 0 heterocycles. The Hall–Kier alpha value is -2.59. The number of hydrogen-bond acceptors (Lipinski definition) is 1. The number of benzene rings is 2. The third-order valence-corrected chi connectivity index (χ3v) is 3.61. The number of halogens is 10. The maximum absolute atomic E-state index is 14.0. The predicted molar refractivity (Wildman–Crippen MR) is 59.8 cm³/mol. The molecule has 0 bridgehead atoms. The van der Waals surface area contributed by atoms with Crippen LogP contribution in [0.25, 0.3) is 11.1 Å². The molecule has 1 nitrogen and oxygen atoms in total. The van der Waals surface area contributed by atoms with Gasteiger partial charge < -0.3 is 0 Å². The summed E-state index contributed by atoms with van der Waals surface area (Å²) in [6.45, 7) is 0. The summed E-state index contributed by atoms with van der Waals surface area (Å²) >= 11 is 0. The summed E-state index contributed by atoms with van der Waals surface area (Å²) in [7, 11) is 0. The molecule has 132 valence electrons. The number of alkyl halides is 2. The van der Waals surface area contributed by atoms with Gasteiger partial charge in [0.2, 0.25) is 5.78 Å². The highest BCUT2D eigenvalue weighted by Crippen LogP contribution is 2.50. The van der Waals surface area contributed by atoms with Crippen molar-refractivity contribution in [1.29, 1.82) is 0 Å². The Bertz CT molecular complexity index is 979. The minimum Gasteiger partial charge on any atom is -0.287 e. The van der Waals surface area contributed by atoms with Crippen LogP contribution in [0.3, 0.4) is 0 Å². The van der Waals surface area contributed by atoms with Crippen molar-refractivity contribution < 1.29 is 48.7 Å². The average Bonchev–Trinajstić information content (AvgIpc) is 2.56. The fraction of sp³-hybridized carbons (Fsp3) is 0.0714. The number of fused-ring (bicyclic) bond motifs is 3. The fourth-order valence-corrected chi connectivity index (χ4v) is 2.51. The Morgan fingerprint density at radius 2 is 0.840 bits per heavy atom. The van der Waals surface area contributed by atoms with Gasteiger partial charge in [-0.2, -0.15) is 8.78 Å². The molecule has 0 radical (unpaired) electrons. The lowest BCUT2D eigenvalue weighted by Gasteiger charge is -2.28. The highest BCUT2D eigenvalue weighted by Gasteiger charge is 2.55. The zero-order chi connectivity index (χ0) is 19.0. The van der Waals surface area contributed by atoms with E-state index in [4.69, 9.17) is 0 Å². The molecular weight excluding hydrogens is 374 g/mol. The molecule has 0 aromatic heterocycles. The Morgan fingerprint density at radius 1 is 0.480 bits per heavy atom. The van der Waals surface area contributed by atoms with Crippen LogP contribution >= 0.6 is 0 Å². The quantitative estimate of drug-likeness (QED) is 0.369. The van der Waals surface area contributed by atoms with Crippen LogP contribution in [-0.2, 0) is 5.92 Å². The molecule has 11 heteroatoms. The first kappa shape index (κ1) is 17.2. The minimum absolute atomic E-state index is 1.97. The summed E-state index contributed by atoms with van der Waals surface area (Å²) in [4.78, 5) is 11.6. The maximum Gasteiger partial charge on any atom is 0.338 e. The topological polar surface area (TPSA) is 17.1 Å². The Kier molecular flexibility index (Phi) is 3.42. The minimum atomic E-state index is -5.21. The van der Waals surface area contributed by atoms with Gasteiger partial charge >= 0.3 is 5.92 Å². The Labute approximate surface area is 130 Å². The first-order chi connectivity index (χ1) is 11.4. The van der Waals surface area contributed by atoms with Crippen LogP contribution in [0.2, 0.25) is 0 Å². The van der Waals surface area contributed by atoms with Crippen molar-refractivity contribution in [2.45, 2.75) is 5.92 Å². The third kappa shape index (κ3) is 1.89. The fourth-order valence-electron chi connectivity index (χ4n) is 2.51. The van der Waals surface area contributed by atoms with Crippen LogP contribution in [0, 0.1) is 46.5 Å². The average molecular weight is 374 g/mol. The normalized spacial score (nSPS) is 15.2. The zero-order valence-electron chi connectivity index (χ0n) is 11.2. The summed E-state index contributed by atoms with van der Waals surface area (Å²) in [6, 6.07) is 0. The number of carbonyl (C=O) groups is 1. The molecular formula is C14F10O.